The molecule has 10 heteroatoms. The van der Waals surface area contributed by atoms with E-state index in [-0.39, 0.29) is 71.8 Å². The summed E-state index contributed by atoms with van der Waals surface area (Å²) in [6.45, 7) is 2.82. The standard InChI is InChI=1S/C16H20N2O4S2.2Na.2H/c1-12-3-7-14(8-4-12)23(19,20)16(18,11-17)24(21,22)15-9-5-13(2)6-10-15;;;;/h3-10H,11,17-18H2,1-2H3;;;;/q;2*+1;2*-1. The molecule has 0 heterocycles. The average Bonchev–Trinajstić information content (AvgIpc) is 2.54. The minimum Gasteiger partial charge on any atom is -1.00 e. The minimum absolute atomic E-state index is 0. The molecule has 0 fully saturated rings. The zero-order valence-electron chi connectivity index (χ0n) is 17.4. The van der Waals surface area contributed by atoms with Crippen LogP contribution in [0.3, 0.4) is 0 Å². The van der Waals surface area contributed by atoms with Crippen molar-refractivity contribution >= 4 is 19.7 Å². The van der Waals surface area contributed by atoms with Crippen molar-refractivity contribution in [2.24, 2.45) is 11.5 Å². The second-order valence-corrected chi connectivity index (χ2v) is 10.3. The topological polar surface area (TPSA) is 120 Å². The summed E-state index contributed by atoms with van der Waals surface area (Å²) in [6.07, 6.45) is 0. The van der Waals surface area contributed by atoms with Crippen molar-refractivity contribution in [1.29, 1.82) is 0 Å². The predicted molar refractivity (Wildman–Crippen MR) is 94.9 cm³/mol. The summed E-state index contributed by atoms with van der Waals surface area (Å²) in [5.74, 6) is 0. The van der Waals surface area contributed by atoms with Crippen LogP contribution in [0.5, 0.6) is 0 Å². The van der Waals surface area contributed by atoms with E-state index in [1.54, 1.807) is 38.1 Å². The third-order valence-corrected chi connectivity index (χ3v) is 9.11. The van der Waals surface area contributed by atoms with Gasteiger partial charge in [0.2, 0.25) is 23.9 Å². The summed E-state index contributed by atoms with van der Waals surface area (Å²) >= 11 is 0. The molecular formula is C16H22N2Na2O4S2. The summed E-state index contributed by atoms with van der Waals surface area (Å²) in [7, 11) is -8.84. The number of benzene rings is 2. The van der Waals surface area contributed by atoms with Crippen LogP contribution in [0.1, 0.15) is 14.0 Å². The Bertz CT molecular complexity index is 878. The molecule has 2 rings (SSSR count). The molecule has 4 N–H and O–H groups in total. The fraction of sp³-hybridized carbons (Fsp3) is 0.250. The van der Waals surface area contributed by atoms with E-state index < -0.39 is 30.4 Å². The van der Waals surface area contributed by atoms with Crippen LogP contribution in [0, 0.1) is 13.8 Å². The zero-order valence-corrected chi connectivity index (χ0v) is 21.1. The monoisotopic (exact) mass is 416 g/mol. The molecule has 2 aromatic carbocycles. The summed E-state index contributed by atoms with van der Waals surface area (Å²) in [6, 6.07) is 11.6. The summed E-state index contributed by atoms with van der Waals surface area (Å²) < 4.78 is 48.9. The van der Waals surface area contributed by atoms with E-state index in [2.05, 4.69) is 0 Å². The summed E-state index contributed by atoms with van der Waals surface area (Å²) in [5, 5.41) is 0. The molecular weight excluding hydrogens is 394 g/mol. The molecule has 0 unspecified atom stereocenters. The Labute approximate surface area is 202 Å². The molecule has 0 atom stereocenters. The van der Waals surface area contributed by atoms with Gasteiger partial charge in [0.25, 0.3) is 0 Å². The van der Waals surface area contributed by atoms with E-state index in [1.165, 1.54) is 24.3 Å². The van der Waals surface area contributed by atoms with E-state index >= 15 is 0 Å². The van der Waals surface area contributed by atoms with Crippen LogP contribution in [-0.2, 0) is 19.7 Å². The van der Waals surface area contributed by atoms with E-state index in [0.717, 1.165) is 11.1 Å². The van der Waals surface area contributed by atoms with Crippen molar-refractivity contribution in [2.75, 3.05) is 6.54 Å². The van der Waals surface area contributed by atoms with Crippen molar-refractivity contribution in [1.82, 2.24) is 0 Å². The second-order valence-electron chi connectivity index (χ2n) is 5.65. The van der Waals surface area contributed by atoms with Crippen LogP contribution >= 0.6 is 0 Å². The number of nitrogens with two attached hydrogens (primary N) is 2. The van der Waals surface area contributed by atoms with Gasteiger partial charge in [-0.25, -0.2) is 16.8 Å². The van der Waals surface area contributed by atoms with E-state index in [1.807, 2.05) is 0 Å². The third-order valence-electron chi connectivity index (χ3n) is 3.86. The van der Waals surface area contributed by atoms with Crippen LogP contribution in [-0.4, -0.2) is 27.6 Å². The normalized spacial score (nSPS) is 12.0. The van der Waals surface area contributed by atoms with Gasteiger partial charge in [-0.1, -0.05) is 35.4 Å². The number of aryl methyl sites for hydroxylation is 2. The van der Waals surface area contributed by atoms with Crippen molar-refractivity contribution in [3.05, 3.63) is 59.7 Å². The van der Waals surface area contributed by atoms with Crippen LogP contribution in [0.4, 0.5) is 0 Å². The molecule has 134 valence electrons. The Kier molecular flexibility index (Phi) is 9.74. The molecule has 0 saturated carbocycles. The van der Waals surface area contributed by atoms with Gasteiger partial charge in [-0.2, -0.15) is 0 Å². The largest absolute Gasteiger partial charge is 1.00 e. The first kappa shape index (κ1) is 26.3. The van der Waals surface area contributed by atoms with Gasteiger partial charge >= 0.3 is 59.1 Å². The maximum Gasteiger partial charge on any atom is 1.00 e. The second kappa shape index (κ2) is 9.65. The number of hydrogen-bond donors (Lipinski definition) is 2. The van der Waals surface area contributed by atoms with Crippen molar-refractivity contribution in [3.63, 3.8) is 0 Å². The molecule has 0 bridgehead atoms. The van der Waals surface area contributed by atoms with Gasteiger partial charge in [-0.3, -0.25) is 5.73 Å². The van der Waals surface area contributed by atoms with Crippen molar-refractivity contribution in [2.45, 2.75) is 27.8 Å². The summed E-state index contributed by atoms with van der Waals surface area (Å²) in [4.78, 5) is -0.367. The molecule has 0 radical (unpaired) electrons. The smallest absolute Gasteiger partial charge is 1.00 e. The summed E-state index contributed by atoms with van der Waals surface area (Å²) in [5.41, 5.74) is 13.1. The van der Waals surface area contributed by atoms with Gasteiger partial charge in [0.05, 0.1) is 9.79 Å². The quantitative estimate of drug-likeness (QED) is 0.473. The Morgan fingerprint density at radius 3 is 1.27 bits per heavy atom. The Balaban J connectivity index is -0.00000156. The molecule has 2 aromatic rings. The molecule has 0 saturated heterocycles. The van der Waals surface area contributed by atoms with Gasteiger partial charge in [-0.15, -0.1) is 0 Å². The van der Waals surface area contributed by atoms with Crippen LogP contribution in [0.15, 0.2) is 58.3 Å². The molecule has 0 aliphatic carbocycles. The van der Waals surface area contributed by atoms with E-state index in [4.69, 9.17) is 11.5 Å². The van der Waals surface area contributed by atoms with Crippen LogP contribution in [0.25, 0.3) is 0 Å². The molecule has 0 spiro atoms. The van der Waals surface area contributed by atoms with Gasteiger partial charge < -0.3 is 8.59 Å². The van der Waals surface area contributed by atoms with Gasteiger partial charge in [0.1, 0.15) is 0 Å². The maximum absolute atomic E-state index is 12.9. The molecule has 0 aliphatic heterocycles. The fourth-order valence-corrected chi connectivity index (χ4v) is 6.16. The predicted octanol–water partition coefficient (Wildman–Crippen LogP) is -4.64. The van der Waals surface area contributed by atoms with Crippen molar-refractivity contribution < 1.29 is 78.8 Å². The Morgan fingerprint density at radius 2 is 1.04 bits per heavy atom. The Hall–Kier alpha value is 0.260. The van der Waals surface area contributed by atoms with Crippen LogP contribution in [0.2, 0.25) is 0 Å². The van der Waals surface area contributed by atoms with Gasteiger partial charge in [0.15, 0.2) is 0 Å². The third kappa shape index (κ3) is 4.63. The van der Waals surface area contributed by atoms with Crippen molar-refractivity contribution in [3.8, 4) is 0 Å². The first-order valence-corrected chi connectivity index (χ1v) is 10.1. The maximum atomic E-state index is 12.9. The average molecular weight is 416 g/mol. The molecule has 0 amide bonds. The molecule has 6 nitrogen and oxygen atoms in total. The van der Waals surface area contributed by atoms with Gasteiger partial charge in [0, 0.05) is 6.54 Å². The molecule has 0 aliphatic rings. The fourth-order valence-electron chi connectivity index (χ4n) is 2.20. The molecule has 26 heavy (non-hydrogen) atoms. The SMILES string of the molecule is Cc1ccc(S(=O)(=O)C(N)(CN)S(=O)(=O)c2ccc(C)cc2)cc1.[H-].[H-].[Na+].[Na+]. The number of sulfone groups is 2. The zero-order chi connectivity index (χ0) is 18.2. The Morgan fingerprint density at radius 1 is 0.769 bits per heavy atom. The molecule has 0 aromatic heterocycles. The van der Waals surface area contributed by atoms with E-state index in [9.17, 15) is 16.8 Å². The van der Waals surface area contributed by atoms with Gasteiger partial charge in [-0.05, 0) is 38.1 Å². The number of hydrogen-bond acceptors (Lipinski definition) is 6. The van der Waals surface area contributed by atoms with E-state index in [0.29, 0.717) is 0 Å². The minimum atomic E-state index is -4.42. The first-order chi connectivity index (χ1) is 11.1. The number of rotatable bonds is 5. The van der Waals surface area contributed by atoms with Crippen LogP contribution < -0.4 is 70.6 Å². The first-order valence-electron chi connectivity index (χ1n) is 7.18.